The maximum absolute atomic E-state index is 12.8. The molecule has 0 bridgehead atoms. The van der Waals surface area contributed by atoms with Crippen molar-refractivity contribution in [2.45, 2.75) is 39.8 Å². The third-order valence-electron chi connectivity index (χ3n) is 2.41. The maximum Gasteiger partial charge on any atom is 0.123 e. The average molecular weight is 209 g/mol. The van der Waals surface area contributed by atoms with E-state index in [2.05, 4.69) is 33.0 Å². The fourth-order valence-electron chi connectivity index (χ4n) is 1.70. The lowest BCUT2D eigenvalue weighted by atomic mass is 9.95. The molecule has 1 aromatic carbocycles. The summed E-state index contributed by atoms with van der Waals surface area (Å²) in [7, 11) is 0. The molecule has 0 fully saturated rings. The lowest BCUT2D eigenvalue weighted by molar-refractivity contribution is 0.381. The highest BCUT2D eigenvalue weighted by molar-refractivity contribution is 5.20. The summed E-state index contributed by atoms with van der Waals surface area (Å²) in [4.78, 5) is 0. The number of rotatable bonds is 4. The summed E-state index contributed by atoms with van der Waals surface area (Å²) in [6.45, 7) is 8.59. The molecule has 0 heterocycles. The first-order valence-electron chi connectivity index (χ1n) is 5.52. The number of hydrogen-bond acceptors (Lipinski definition) is 1. The van der Waals surface area contributed by atoms with Gasteiger partial charge in [0.25, 0.3) is 0 Å². The Morgan fingerprint density at radius 2 is 1.53 bits per heavy atom. The zero-order valence-corrected chi connectivity index (χ0v) is 9.92. The summed E-state index contributed by atoms with van der Waals surface area (Å²) in [6.07, 6.45) is 0. The number of benzene rings is 1. The van der Waals surface area contributed by atoms with Crippen LogP contribution in [0, 0.1) is 11.7 Å². The van der Waals surface area contributed by atoms with Crippen LogP contribution in [0.5, 0.6) is 0 Å². The summed E-state index contributed by atoms with van der Waals surface area (Å²) in [5.74, 6) is 0.323. The van der Waals surface area contributed by atoms with Gasteiger partial charge in [-0.25, -0.2) is 4.39 Å². The van der Waals surface area contributed by atoms with Crippen molar-refractivity contribution in [2.24, 2.45) is 5.92 Å². The Kier molecular flexibility index (Phi) is 4.28. The van der Waals surface area contributed by atoms with E-state index < -0.39 is 0 Å². The second kappa shape index (κ2) is 5.26. The van der Waals surface area contributed by atoms with Crippen LogP contribution < -0.4 is 5.32 Å². The van der Waals surface area contributed by atoms with Gasteiger partial charge < -0.3 is 5.32 Å². The predicted octanol–water partition coefficient (Wildman–Crippen LogP) is 3.52. The van der Waals surface area contributed by atoms with Crippen LogP contribution in [0.1, 0.15) is 39.3 Å². The quantitative estimate of drug-likeness (QED) is 0.800. The van der Waals surface area contributed by atoms with Crippen molar-refractivity contribution < 1.29 is 4.39 Å². The molecule has 0 aromatic heterocycles. The van der Waals surface area contributed by atoms with E-state index in [9.17, 15) is 4.39 Å². The summed E-state index contributed by atoms with van der Waals surface area (Å²) in [5, 5.41) is 3.49. The zero-order valence-electron chi connectivity index (χ0n) is 9.92. The second-order valence-corrected chi connectivity index (χ2v) is 4.59. The lowest BCUT2D eigenvalue weighted by Crippen LogP contribution is -2.31. The number of halogens is 1. The minimum absolute atomic E-state index is 0.175. The van der Waals surface area contributed by atoms with E-state index in [4.69, 9.17) is 0 Å². The molecule has 1 rings (SSSR count). The SMILES string of the molecule is CC(C)NC(c1ccc(F)cc1)C(C)C. The van der Waals surface area contributed by atoms with Gasteiger partial charge in [0, 0.05) is 12.1 Å². The van der Waals surface area contributed by atoms with Crippen LogP contribution in [-0.2, 0) is 0 Å². The smallest absolute Gasteiger partial charge is 0.123 e. The first-order valence-corrected chi connectivity index (χ1v) is 5.52. The Balaban J connectivity index is 2.84. The standard InChI is InChI=1S/C13H20FN/c1-9(2)13(15-10(3)4)11-5-7-12(14)8-6-11/h5-10,13,15H,1-4H3. The van der Waals surface area contributed by atoms with Crippen LogP contribution in [0.15, 0.2) is 24.3 Å². The Hall–Kier alpha value is -0.890. The number of hydrogen-bond donors (Lipinski definition) is 1. The Morgan fingerprint density at radius 1 is 1.00 bits per heavy atom. The van der Waals surface area contributed by atoms with Crippen LogP contribution >= 0.6 is 0 Å². The minimum Gasteiger partial charge on any atom is -0.307 e. The van der Waals surface area contributed by atoms with E-state index in [1.807, 2.05) is 12.1 Å². The molecule has 0 spiro atoms. The summed E-state index contributed by atoms with van der Waals surface area (Å²) in [6, 6.07) is 7.48. The highest BCUT2D eigenvalue weighted by Crippen LogP contribution is 2.22. The van der Waals surface area contributed by atoms with Gasteiger partial charge in [0.15, 0.2) is 0 Å². The van der Waals surface area contributed by atoms with Crippen LogP contribution in [0.25, 0.3) is 0 Å². The fraction of sp³-hybridized carbons (Fsp3) is 0.538. The van der Waals surface area contributed by atoms with Crippen molar-refractivity contribution in [1.29, 1.82) is 0 Å². The molecule has 1 atom stereocenters. The van der Waals surface area contributed by atoms with Gasteiger partial charge >= 0.3 is 0 Å². The molecule has 0 amide bonds. The van der Waals surface area contributed by atoms with E-state index in [0.29, 0.717) is 18.0 Å². The van der Waals surface area contributed by atoms with Crippen LogP contribution in [0.2, 0.25) is 0 Å². The molecule has 0 saturated heterocycles. The molecule has 1 aromatic rings. The van der Waals surface area contributed by atoms with Gasteiger partial charge in [0.05, 0.1) is 0 Å². The van der Waals surface area contributed by atoms with E-state index in [1.165, 1.54) is 12.1 Å². The third-order valence-corrected chi connectivity index (χ3v) is 2.41. The molecule has 2 heteroatoms. The Bertz CT molecular complexity index is 290. The first-order chi connectivity index (χ1) is 7.00. The molecule has 0 aliphatic heterocycles. The van der Waals surface area contributed by atoms with E-state index >= 15 is 0 Å². The van der Waals surface area contributed by atoms with Crippen LogP contribution in [-0.4, -0.2) is 6.04 Å². The molecule has 84 valence electrons. The summed E-state index contributed by atoms with van der Waals surface area (Å²) < 4.78 is 12.8. The predicted molar refractivity (Wildman–Crippen MR) is 62.3 cm³/mol. The van der Waals surface area contributed by atoms with Gasteiger partial charge in [0.1, 0.15) is 5.82 Å². The molecule has 15 heavy (non-hydrogen) atoms. The molecule has 0 radical (unpaired) electrons. The zero-order chi connectivity index (χ0) is 11.4. The molecule has 1 unspecified atom stereocenters. The van der Waals surface area contributed by atoms with Crippen LogP contribution in [0.4, 0.5) is 4.39 Å². The van der Waals surface area contributed by atoms with E-state index in [0.717, 1.165) is 5.56 Å². The van der Waals surface area contributed by atoms with Crippen molar-refractivity contribution in [3.8, 4) is 0 Å². The van der Waals surface area contributed by atoms with Gasteiger partial charge in [-0.05, 0) is 23.6 Å². The van der Waals surface area contributed by atoms with Gasteiger partial charge in [-0.1, -0.05) is 39.8 Å². The molecular formula is C13H20FN. The molecule has 0 aliphatic carbocycles. The van der Waals surface area contributed by atoms with Gasteiger partial charge in [-0.3, -0.25) is 0 Å². The first kappa shape index (κ1) is 12.2. The monoisotopic (exact) mass is 209 g/mol. The molecular weight excluding hydrogens is 189 g/mol. The topological polar surface area (TPSA) is 12.0 Å². The third kappa shape index (κ3) is 3.63. The van der Waals surface area contributed by atoms with Crippen molar-refractivity contribution in [3.63, 3.8) is 0 Å². The highest BCUT2D eigenvalue weighted by atomic mass is 19.1. The normalized spacial score (nSPS) is 13.5. The van der Waals surface area contributed by atoms with E-state index in [-0.39, 0.29) is 5.82 Å². The molecule has 0 aliphatic rings. The van der Waals surface area contributed by atoms with Gasteiger partial charge in [-0.2, -0.15) is 0 Å². The van der Waals surface area contributed by atoms with Gasteiger partial charge in [0.2, 0.25) is 0 Å². The van der Waals surface area contributed by atoms with Crippen molar-refractivity contribution >= 4 is 0 Å². The van der Waals surface area contributed by atoms with Crippen LogP contribution in [0.3, 0.4) is 0 Å². The Morgan fingerprint density at radius 3 is 1.93 bits per heavy atom. The maximum atomic E-state index is 12.8. The van der Waals surface area contributed by atoms with Crippen molar-refractivity contribution in [1.82, 2.24) is 5.32 Å². The second-order valence-electron chi connectivity index (χ2n) is 4.59. The minimum atomic E-state index is -0.175. The summed E-state index contributed by atoms with van der Waals surface area (Å²) >= 11 is 0. The number of nitrogens with one attached hydrogen (secondary N) is 1. The van der Waals surface area contributed by atoms with Crippen molar-refractivity contribution in [2.75, 3.05) is 0 Å². The molecule has 1 nitrogen and oxygen atoms in total. The Labute approximate surface area is 91.7 Å². The van der Waals surface area contributed by atoms with Gasteiger partial charge in [-0.15, -0.1) is 0 Å². The highest BCUT2D eigenvalue weighted by Gasteiger charge is 2.15. The van der Waals surface area contributed by atoms with Crippen molar-refractivity contribution in [3.05, 3.63) is 35.6 Å². The largest absolute Gasteiger partial charge is 0.307 e. The fourth-order valence-corrected chi connectivity index (χ4v) is 1.70. The molecule has 0 saturated carbocycles. The molecule has 1 N–H and O–H groups in total. The van der Waals surface area contributed by atoms with E-state index in [1.54, 1.807) is 0 Å². The average Bonchev–Trinajstić information content (AvgIpc) is 2.15. The lowest BCUT2D eigenvalue weighted by Gasteiger charge is -2.25. The summed E-state index contributed by atoms with van der Waals surface area (Å²) in [5.41, 5.74) is 1.15.